The highest BCUT2D eigenvalue weighted by Crippen LogP contribution is 2.20. The van der Waals surface area contributed by atoms with Crippen molar-refractivity contribution in [2.45, 2.75) is 6.54 Å². The number of carbonyl (C=O) groups is 1. The number of benzene rings is 1. The molecule has 0 unspecified atom stereocenters. The monoisotopic (exact) mass is 350 g/mol. The number of hydrogen-bond donors (Lipinski definition) is 1. The molecule has 1 amide bonds. The number of amides is 1. The molecular formula is C19H22N6O. The third-order valence-electron chi connectivity index (χ3n) is 4.94. The van der Waals surface area contributed by atoms with Crippen LogP contribution in [0.4, 0.5) is 5.82 Å². The van der Waals surface area contributed by atoms with Gasteiger partial charge in [-0.25, -0.2) is 4.98 Å². The lowest BCUT2D eigenvalue weighted by atomic mass is 10.2. The summed E-state index contributed by atoms with van der Waals surface area (Å²) in [4.78, 5) is 20.2. The quantitative estimate of drug-likeness (QED) is 0.769. The number of carbonyl (C=O) groups excluding carboxylic acids is 1. The van der Waals surface area contributed by atoms with Gasteiger partial charge in [0.2, 0.25) is 5.91 Å². The van der Waals surface area contributed by atoms with Crippen LogP contribution in [-0.4, -0.2) is 51.8 Å². The molecule has 3 aromatic rings. The molecule has 1 fully saturated rings. The molecule has 3 heterocycles. The number of nitrogens with two attached hydrogens (primary N) is 1. The molecule has 0 bridgehead atoms. The van der Waals surface area contributed by atoms with Crippen LogP contribution in [0.5, 0.6) is 0 Å². The van der Waals surface area contributed by atoms with E-state index in [1.807, 2.05) is 23.9 Å². The van der Waals surface area contributed by atoms with E-state index in [0.717, 1.165) is 44.2 Å². The minimum atomic E-state index is -0.448. The Labute approximate surface area is 152 Å². The van der Waals surface area contributed by atoms with Crippen LogP contribution in [0.2, 0.25) is 0 Å². The van der Waals surface area contributed by atoms with Crippen LogP contribution in [0.15, 0.2) is 42.6 Å². The van der Waals surface area contributed by atoms with Crippen molar-refractivity contribution >= 4 is 22.6 Å². The number of aryl methyl sites for hydroxylation is 1. The number of piperazine rings is 1. The summed E-state index contributed by atoms with van der Waals surface area (Å²) < 4.78 is 1.95. The van der Waals surface area contributed by atoms with Gasteiger partial charge < -0.3 is 10.6 Å². The maximum atomic E-state index is 11.2. The van der Waals surface area contributed by atoms with Gasteiger partial charge in [0.15, 0.2) is 0 Å². The Hall–Kier alpha value is -2.93. The normalized spacial score (nSPS) is 15.5. The minimum absolute atomic E-state index is 0.439. The van der Waals surface area contributed by atoms with Gasteiger partial charge in [-0.15, -0.1) is 0 Å². The van der Waals surface area contributed by atoms with Crippen LogP contribution in [0.1, 0.15) is 16.1 Å². The lowest BCUT2D eigenvalue weighted by Crippen LogP contribution is -2.46. The van der Waals surface area contributed by atoms with Gasteiger partial charge in [0.1, 0.15) is 5.82 Å². The Bertz CT molecular complexity index is 925. The van der Waals surface area contributed by atoms with Gasteiger partial charge in [0.05, 0.1) is 16.8 Å². The van der Waals surface area contributed by atoms with Crippen LogP contribution in [-0.2, 0) is 13.6 Å². The van der Waals surface area contributed by atoms with Gasteiger partial charge in [0.25, 0.3) is 0 Å². The summed E-state index contributed by atoms with van der Waals surface area (Å²) in [6.07, 6.45) is 1.55. The lowest BCUT2D eigenvalue weighted by molar-refractivity contribution is 0.1000. The van der Waals surface area contributed by atoms with E-state index in [-0.39, 0.29) is 0 Å². The first-order valence-electron chi connectivity index (χ1n) is 8.75. The van der Waals surface area contributed by atoms with Crippen molar-refractivity contribution in [1.82, 2.24) is 19.7 Å². The number of para-hydroxylation sites is 1. The zero-order chi connectivity index (χ0) is 18.1. The molecule has 26 heavy (non-hydrogen) atoms. The summed E-state index contributed by atoms with van der Waals surface area (Å²) in [6, 6.07) is 11.9. The molecule has 2 N–H and O–H groups in total. The highest BCUT2D eigenvalue weighted by atomic mass is 16.1. The van der Waals surface area contributed by atoms with Crippen LogP contribution in [0.25, 0.3) is 10.9 Å². The van der Waals surface area contributed by atoms with Crippen molar-refractivity contribution in [3.63, 3.8) is 0 Å². The van der Waals surface area contributed by atoms with Crippen molar-refractivity contribution in [2.75, 3.05) is 31.1 Å². The lowest BCUT2D eigenvalue weighted by Gasteiger charge is -2.35. The molecule has 2 aromatic heterocycles. The maximum absolute atomic E-state index is 11.2. The van der Waals surface area contributed by atoms with Crippen LogP contribution >= 0.6 is 0 Å². The average molecular weight is 350 g/mol. The second-order valence-corrected chi connectivity index (χ2v) is 6.62. The fraction of sp³-hybridized carbons (Fsp3) is 0.316. The molecule has 134 valence electrons. The predicted molar refractivity (Wildman–Crippen MR) is 101 cm³/mol. The Kier molecular flexibility index (Phi) is 4.30. The highest BCUT2D eigenvalue weighted by molar-refractivity contribution is 5.92. The number of fused-ring (bicyclic) bond motifs is 1. The first kappa shape index (κ1) is 16.5. The SMILES string of the molecule is Cn1nc(CN2CCN(c3ccc(C(N)=O)cn3)CC2)c2ccccc21. The molecule has 0 aliphatic carbocycles. The number of nitrogens with zero attached hydrogens (tertiary/aromatic N) is 5. The van der Waals surface area contributed by atoms with Gasteiger partial charge >= 0.3 is 0 Å². The van der Waals surface area contributed by atoms with E-state index < -0.39 is 5.91 Å². The minimum Gasteiger partial charge on any atom is -0.366 e. The summed E-state index contributed by atoms with van der Waals surface area (Å²) in [5, 5.41) is 5.92. The van der Waals surface area contributed by atoms with E-state index in [1.165, 1.54) is 10.9 Å². The molecule has 0 atom stereocenters. The van der Waals surface area contributed by atoms with Crippen LogP contribution in [0, 0.1) is 0 Å². The summed E-state index contributed by atoms with van der Waals surface area (Å²) in [6.45, 7) is 4.54. The van der Waals surface area contributed by atoms with Crippen molar-refractivity contribution in [2.24, 2.45) is 12.8 Å². The van der Waals surface area contributed by atoms with E-state index in [0.29, 0.717) is 5.56 Å². The molecule has 1 aromatic carbocycles. The highest BCUT2D eigenvalue weighted by Gasteiger charge is 2.20. The summed E-state index contributed by atoms with van der Waals surface area (Å²) in [7, 11) is 1.99. The fourth-order valence-electron chi connectivity index (χ4n) is 3.47. The zero-order valence-corrected chi connectivity index (χ0v) is 14.8. The molecule has 0 spiro atoms. The molecule has 7 nitrogen and oxygen atoms in total. The van der Waals surface area contributed by atoms with Crippen LogP contribution < -0.4 is 10.6 Å². The molecule has 1 saturated heterocycles. The second-order valence-electron chi connectivity index (χ2n) is 6.62. The van der Waals surface area contributed by atoms with Gasteiger partial charge in [-0.1, -0.05) is 18.2 Å². The van der Waals surface area contributed by atoms with Crippen LogP contribution in [0.3, 0.4) is 0 Å². The predicted octanol–water partition coefficient (Wildman–Crippen LogP) is 1.39. The Balaban J connectivity index is 1.41. The summed E-state index contributed by atoms with van der Waals surface area (Å²) in [5.74, 6) is 0.439. The number of rotatable bonds is 4. The molecule has 0 saturated carbocycles. The van der Waals surface area contributed by atoms with E-state index >= 15 is 0 Å². The molecule has 0 radical (unpaired) electrons. The third kappa shape index (κ3) is 3.13. The molecular weight excluding hydrogens is 328 g/mol. The molecule has 7 heteroatoms. The Morgan fingerprint density at radius 2 is 1.88 bits per heavy atom. The standard InChI is InChI=1S/C19H22N6O/c1-23-17-5-3-2-4-15(17)16(22-23)13-24-8-10-25(11-9-24)18-7-6-14(12-21-18)19(20)26/h2-7,12H,8-11,13H2,1H3,(H2,20,26). The van der Waals surface area contributed by atoms with Crippen molar-refractivity contribution in [3.05, 3.63) is 53.9 Å². The second kappa shape index (κ2) is 6.76. The van der Waals surface area contributed by atoms with Crippen molar-refractivity contribution < 1.29 is 4.79 Å². The summed E-state index contributed by atoms with van der Waals surface area (Å²) >= 11 is 0. The topological polar surface area (TPSA) is 80.3 Å². The van der Waals surface area contributed by atoms with Gasteiger partial charge in [-0.05, 0) is 18.2 Å². The molecule has 1 aliphatic heterocycles. The van der Waals surface area contributed by atoms with Gasteiger partial charge in [0, 0.05) is 51.4 Å². The first-order valence-corrected chi connectivity index (χ1v) is 8.75. The van der Waals surface area contributed by atoms with Gasteiger partial charge in [-0.2, -0.15) is 5.10 Å². The Morgan fingerprint density at radius 1 is 1.12 bits per heavy atom. The van der Waals surface area contributed by atoms with E-state index in [2.05, 4.69) is 33.0 Å². The van der Waals surface area contributed by atoms with E-state index in [4.69, 9.17) is 10.8 Å². The molecule has 1 aliphatic rings. The van der Waals surface area contributed by atoms with E-state index in [9.17, 15) is 4.79 Å². The van der Waals surface area contributed by atoms with Gasteiger partial charge in [-0.3, -0.25) is 14.4 Å². The smallest absolute Gasteiger partial charge is 0.250 e. The zero-order valence-electron chi connectivity index (χ0n) is 14.8. The number of pyridine rings is 1. The fourth-order valence-corrected chi connectivity index (χ4v) is 3.47. The third-order valence-corrected chi connectivity index (χ3v) is 4.94. The van der Waals surface area contributed by atoms with Crippen molar-refractivity contribution in [3.8, 4) is 0 Å². The van der Waals surface area contributed by atoms with Crippen molar-refractivity contribution in [1.29, 1.82) is 0 Å². The number of hydrogen-bond acceptors (Lipinski definition) is 5. The first-order chi connectivity index (χ1) is 12.6. The Morgan fingerprint density at radius 3 is 2.58 bits per heavy atom. The largest absolute Gasteiger partial charge is 0.366 e. The maximum Gasteiger partial charge on any atom is 0.250 e. The summed E-state index contributed by atoms with van der Waals surface area (Å²) in [5.41, 5.74) is 8.00. The molecule has 4 rings (SSSR count). The van der Waals surface area contributed by atoms with E-state index in [1.54, 1.807) is 12.3 Å². The average Bonchev–Trinajstić information content (AvgIpc) is 2.98. The number of aromatic nitrogens is 3. The number of primary amides is 1. The number of anilines is 1.